The number of methoxy groups -OCH3 is 1. The molecule has 166 valence electrons. The van der Waals surface area contributed by atoms with Crippen LogP contribution in [0.3, 0.4) is 0 Å². The summed E-state index contributed by atoms with van der Waals surface area (Å²) in [4.78, 5) is 23.4. The molecule has 0 bridgehead atoms. The van der Waals surface area contributed by atoms with Crippen molar-refractivity contribution in [2.75, 3.05) is 25.5 Å². The van der Waals surface area contributed by atoms with E-state index >= 15 is 0 Å². The molecule has 0 saturated carbocycles. The number of aryl methyl sites for hydroxylation is 2. The van der Waals surface area contributed by atoms with E-state index in [1.54, 1.807) is 38.1 Å². The lowest BCUT2D eigenvalue weighted by Crippen LogP contribution is -2.43. The van der Waals surface area contributed by atoms with Crippen molar-refractivity contribution in [2.24, 2.45) is 5.92 Å². The standard InChI is InChI=1S/C21H25N3O6S/c1-14-6-9-19(30-3)20(11-14)31(28,29)23-10-4-5-16(13-23)21(25)22-18-12-17(24(26)27)8-7-15(18)2/h6-9,11-12,16H,4-5,10,13H2,1-3H3,(H,22,25)/t16-/m1/s1. The van der Waals surface area contributed by atoms with E-state index in [9.17, 15) is 23.3 Å². The van der Waals surface area contributed by atoms with E-state index in [2.05, 4.69) is 5.32 Å². The van der Waals surface area contributed by atoms with E-state index in [0.29, 0.717) is 30.6 Å². The Morgan fingerprint density at radius 2 is 1.97 bits per heavy atom. The summed E-state index contributed by atoms with van der Waals surface area (Å²) in [6.45, 7) is 3.87. The number of nitrogens with one attached hydrogen (secondary N) is 1. The van der Waals surface area contributed by atoms with Crippen molar-refractivity contribution in [2.45, 2.75) is 31.6 Å². The van der Waals surface area contributed by atoms with Gasteiger partial charge in [-0.05, 0) is 49.9 Å². The third-order valence-electron chi connectivity index (χ3n) is 5.38. The van der Waals surface area contributed by atoms with E-state index in [4.69, 9.17) is 4.74 Å². The van der Waals surface area contributed by atoms with E-state index in [0.717, 1.165) is 5.56 Å². The molecule has 3 rings (SSSR count). The zero-order valence-corrected chi connectivity index (χ0v) is 18.4. The number of hydrogen-bond donors (Lipinski definition) is 1. The fourth-order valence-corrected chi connectivity index (χ4v) is 5.36. The van der Waals surface area contributed by atoms with Crippen LogP contribution in [-0.2, 0) is 14.8 Å². The Labute approximate surface area is 181 Å². The molecule has 0 aromatic heterocycles. The monoisotopic (exact) mass is 447 g/mol. The second-order valence-electron chi connectivity index (χ2n) is 7.60. The van der Waals surface area contributed by atoms with Gasteiger partial charge in [-0.3, -0.25) is 14.9 Å². The summed E-state index contributed by atoms with van der Waals surface area (Å²) in [5.74, 6) is -0.679. The Hall–Kier alpha value is -2.98. The Bertz CT molecular complexity index is 1120. The van der Waals surface area contributed by atoms with Gasteiger partial charge in [-0.15, -0.1) is 0 Å². The van der Waals surface area contributed by atoms with E-state index in [1.165, 1.54) is 23.5 Å². The second kappa shape index (κ2) is 9.03. The molecule has 0 unspecified atom stereocenters. The maximum atomic E-state index is 13.3. The van der Waals surface area contributed by atoms with Gasteiger partial charge in [0.25, 0.3) is 5.69 Å². The van der Waals surface area contributed by atoms with Crippen LogP contribution < -0.4 is 10.1 Å². The van der Waals surface area contributed by atoms with Crippen LogP contribution >= 0.6 is 0 Å². The van der Waals surface area contributed by atoms with Gasteiger partial charge in [-0.1, -0.05) is 12.1 Å². The minimum Gasteiger partial charge on any atom is -0.495 e. The van der Waals surface area contributed by atoms with Crippen LogP contribution in [-0.4, -0.2) is 43.8 Å². The van der Waals surface area contributed by atoms with Gasteiger partial charge in [0.15, 0.2) is 0 Å². The first-order chi connectivity index (χ1) is 14.6. The van der Waals surface area contributed by atoms with Gasteiger partial charge in [0.2, 0.25) is 15.9 Å². The molecule has 31 heavy (non-hydrogen) atoms. The molecule has 1 aliphatic heterocycles. The Kier molecular flexibility index (Phi) is 6.61. The van der Waals surface area contributed by atoms with Crippen molar-refractivity contribution in [3.05, 3.63) is 57.6 Å². The van der Waals surface area contributed by atoms with Gasteiger partial charge < -0.3 is 10.1 Å². The van der Waals surface area contributed by atoms with Crippen LogP contribution in [0.5, 0.6) is 5.75 Å². The molecular formula is C21H25N3O6S. The summed E-state index contributed by atoms with van der Waals surface area (Å²) in [6.07, 6.45) is 1.05. The number of rotatable bonds is 6. The molecule has 1 saturated heterocycles. The number of carbonyl (C=O) groups is 1. The van der Waals surface area contributed by atoms with Gasteiger partial charge in [0.05, 0.1) is 23.6 Å². The fourth-order valence-electron chi connectivity index (χ4n) is 3.59. The lowest BCUT2D eigenvalue weighted by molar-refractivity contribution is -0.384. The molecule has 1 atom stereocenters. The number of hydrogen-bond acceptors (Lipinski definition) is 6. The van der Waals surface area contributed by atoms with E-state index < -0.39 is 20.9 Å². The largest absolute Gasteiger partial charge is 0.495 e. The van der Waals surface area contributed by atoms with Crippen molar-refractivity contribution in [3.8, 4) is 5.75 Å². The Balaban J connectivity index is 1.81. The number of amides is 1. The predicted octanol–water partition coefficient (Wildman–Crippen LogP) is 3.26. The molecule has 1 fully saturated rings. The normalized spacial score (nSPS) is 17.2. The molecule has 2 aromatic rings. The van der Waals surface area contributed by atoms with Gasteiger partial charge in [0.1, 0.15) is 10.6 Å². The Morgan fingerprint density at radius 3 is 2.65 bits per heavy atom. The first-order valence-corrected chi connectivity index (χ1v) is 11.3. The number of carbonyl (C=O) groups excluding carboxylic acids is 1. The number of piperidine rings is 1. The predicted molar refractivity (Wildman–Crippen MR) is 116 cm³/mol. The molecule has 9 nitrogen and oxygen atoms in total. The highest BCUT2D eigenvalue weighted by Gasteiger charge is 2.35. The highest BCUT2D eigenvalue weighted by molar-refractivity contribution is 7.89. The molecule has 2 aromatic carbocycles. The van der Waals surface area contributed by atoms with E-state index in [-0.39, 0.29) is 28.8 Å². The summed E-state index contributed by atoms with van der Waals surface area (Å²) in [5.41, 5.74) is 1.69. The SMILES string of the molecule is COc1ccc(C)cc1S(=O)(=O)N1CCC[C@@H](C(=O)Nc2cc([N+](=O)[O-])ccc2C)C1. The highest BCUT2D eigenvalue weighted by atomic mass is 32.2. The fraction of sp³-hybridized carbons (Fsp3) is 0.381. The maximum absolute atomic E-state index is 13.3. The summed E-state index contributed by atoms with van der Waals surface area (Å²) < 4.78 is 33.1. The number of nitrogens with zero attached hydrogens (tertiary/aromatic N) is 2. The number of nitro groups is 1. The number of anilines is 1. The molecule has 1 heterocycles. The zero-order chi connectivity index (χ0) is 22.8. The summed E-state index contributed by atoms with van der Waals surface area (Å²) in [5, 5.41) is 13.8. The summed E-state index contributed by atoms with van der Waals surface area (Å²) in [6, 6.07) is 9.18. The molecular weight excluding hydrogens is 422 g/mol. The summed E-state index contributed by atoms with van der Waals surface area (Å²) >= 11 is 0. The lowest BCUT2D eigenvalue weighted by atomic mass is 9.98. The van der Waals surface area contributed by atoms with Crippen LogP contribution in [0.4, 0.5) is 11.4 Å². The first-order valence-electron chi connectivity index (χ1n) is 9.84. The van der Waals surface area contributed by atoms with Crippen LogP contribution in [0.2, 0.25) is 0 Å². The van der Waals surface area contributed by atoms with Crippen molar-refractivity contribution in [3.63, 3.8) is 0 Å². The number of ether oxygens (including phenoxy) is 1. The third kappa shape index (κ3) is 4.86. The zero-order valence-electron chi connectivity index (χ0n) is 17.6. The van der Waals surface area contributed by atoms with Crippen LogP contribution in [0, 0.1) is 29.9 Å². The van der Waals surface area contributed by atoms with Crippen molar-refractivity contribution in [1.29, 1.82) is 0 Å². The average molecular weight is 448 g/mol. The number of benzene rings is 2. The van der Waals surface area contributed by atoms with Crippen molar-refractivity contribution in [1.82, 2.24) is 4.31 Å². The maximum Gasteiger partial charge on any atom is 0.271 e. The van der Waals surface area contributed by atoms with Crippen molar-refractivity contribution < 1.29 is 22.9 Å². The van der Waals surface area contributed by atoms with Crippen LogP contribution in [0.15, 0.2) is 41.3 Å². The lowest BCUT2D eigenvalue weighted by Gasteiger charge is -2.31. The molecule has 0 spiro atoms. The average Bonchev–Trinajstić information content (AvgIpc) is 2.75. The third-order valence-corrected chi connectivity index (χ3v) is 7.27. The minimum absolute atomic E-state index is 0.0270. The highest BCUT2D eigenvalue weighted by Crippen LogP contribution is 2.31. The number of nitro benzene ring substituents is 1. The quantitative estimate of drug-likeness (QED) is 0.536. The van der Waals surface area contributed by atoms with Gasteiger partial charge >= 0.3 is 0 Å². The Morgan fingerprint density at radius 1 is 1.23 bits per heavy atom. The molecule has 1 aliphatic rings. The van der Waals surface area contributed by atoms with Crippen LogP contribution in [0.25, 0.3) is 0 Å². The molecule has 0 radical (unpaired) electrons. The van der Waals surface area contributed by atoms with Gasteiger partial charge in [-0.25, -0.2) is 8.42 Å². The topological polar surface area (TPSA) is 119 Å². The smallest absolute Gasteiger partial charge is 0.271 e. The number of non-ortho nitro benzene ring substituents is 1. The molecule has 10 heteroatoms. The van der Waals surface area contributed by atoms with Gasteiger partial charge in [-0.2, -0.15) is 4.31 Å². The van der Waals surface area contributed by atoms with Crippen LogP contribution in [0.1, 0.15) is 24.0 Å². The second-order valence-corrected chi connectivity index (χ2v) is 9.51. The molecule has 1 amide bonds. The summed E-state index contributed by atoms with van der Waals surface area (Å²) in [7, 11) is -2.44. The molecule has 1 N–H and O–H groups in total. The molecule has 0 aliphatic carbocycles. The minimum atomic E-state index is -3.85. The number of sulfonamides is 1. The van der Waals surface area contributed by atoms with E-state index in [1.807, 2.05) is 0 Å². The van der Waals surface area contributed by atoms with Gasteiger partial charge in [0, 0.05) is 25.2 Å². The first kappa shape index (κ1) is 22.7. The van der Waals surface area contributed by atoms with Crippen molar-refractivity contribution >= 4 is 27.3 Å².